The molecule has 1 aliphatic rings. The molecule has 2 N–H and O–H groups in total. The molecule has 0 fully saturated rings. The van der Waals surface area contributed by atoms with Crippen molar-refractivity contribution in [2.45, 2.75) is 0 Å². The van der Waals surface area contributed by atoms with Crippen LogP contribution in [-0.4, -0.2) is 23.1 Å². The lowest BCUT2D eigenvalue weighted by atomic mass is 10.2. The van der Waals surface area contributed by atoms with E-state index in [-0.39, 0.29) is 5.70 Å². The molecule has 1 aliphatic heterocycles. The van der Waals surface area contributed by atoms with Crippen LogP contribution in [0, 0.1) is 0 Å². The summed E-state index contributed by atoms with van der Waals surface area (Å²) in [4.78, 5) is 16.5. The van der Waals surface area contributed by atoms with Gasteiger partial charge in [-0.25, -0.2) is 5.48 Å². The molecule has 0 radical (unpaired) electrons. The van der Waals surface area contributed by atoms with Crippen LogP contribution >= 0.6 is 0 Å². The zero-order chi connectivity index (χ0) is 12.5. The molecule has 0 bridgehead atoms. The number of hydrogen-bond acceptors (Lipinski definition) is 5. The zero-order valence-corrected chi connectivity index (χ0v) is 6.94. The Hall–Kier alpha value is -2.11. The second-order valence-electron chi connectivity index (χ2n) is 2.50. The molecular weight excluding hydrogens is 184 g/mol. The summed E-state index contributed by atoms with van der Waals surface area (Å²) in [6, 6.07) is 1.56. The maximum atomic E-state index is 11.5. The molecule has 1 amide bonds. The maximum Gasteiger partial charge on any atom is 0.270 e. The van der Waals surface area contributed by atoms with Crippen molar-refractivity contribution in [2.75, 3.05) is 6.98 Å². The minimum Gasteiger partial charge on any atom is -0.380 e. The number of nitrogens with zero attached hydrogens (tertiary/aromatic N) is 2. The normalized spacial score (nSPS) is 17.1. The number of fused-ring (bicyclic) bond motifs is 1. The first-order chi connectivity index (χ1) is 7.96. The zero-order valence-electron chi connectivity index (χ0n) is 9.94. The number of likely N-dealkylation sites (N-methyl/N-ethyl adjacent to an activating group) is 1. The number of aromatic nitrogens is 2. The van der Waals surface area contributed by atoms with Gasteiger partial charge in [0.1, 0.15) is 11.4 Å². The molecule has 0 aliphatic carbocycles. The Balaban J connectivity index is 2.20. The van der Waals surface area contributed by atoms with Crippen molar-refractivity contribution in [3.63, 3.8) is 0 Å². The maximum absolute atomic E-state index is 11.5. The summed E-state index contributed by atoms with van der Waals surface area (Å²) in [5.41, 5.74) is 2.63. The van der Waals surface area contributed by atoms with E-state index >= 15 is 0 Å². The minimum absolute atomic E-state index is 0.0471. The van der Waals surface area contributed by atoms with Crippen LogP contribution in [0.3, 0.4) is 0 Å². The van der Waals surface area contributed by atoms with Crippen LogP contribution in [0.2, 0.25) is 0 Å². The molecule has 0 saturated heterocycles. The lowest BCUT2D eigenvalue weighted by Gasteiger charge is -2.16. The Morgan fingerprint density at radius 1 is 1.79 bits per heavy atom. The van der Waals surface area contributed by atoms with Gasteiger partial charge in [-0.15, -0.1) is 5.10 Å². The van der Waals surface area contributed by atoms with Gasteiger partial charge in [-0.05, 0) is 0 Å². The summed E-state index contributed by atoms with van der Waals surface area (Å²) in [6.07, 6.45) is 2.79. The molecule has 2 heterocycles. The van der Waals surface area contributed by atoms with Crippen molar-refractivity contribution < 1.29 is 13.7 Å². The number of hydroxylamine groups is 1. The third-order valence-electron chi connectivity index (χ3n) is 1.62. The van der Waals surface area contributed by atoms with Gasteiger partial charge in [0, 0.05) is 23.2 Å². The third-order valence-corrected chi connectivity index (χ3v) is 1.62. The first kappa shape index (κ1) is 5.58. The number of rotatable bonds is 1. The number of carbonyl (C=O) groups is 1. The van der Waals surface area contributed by atoms with Crippen LogP contribution in [0.5, 0.6) is 5.75 Å². The van der Waals surface area contributed by atoms with Crippen molar-refractivity contribution >= 4 is 12.0 Å². The smallest absolute Gasteiger partial charge is 0.270 e. The third kappa shape index (κ3) is 1.37. The first-order valence-electron chi connectivity index (χ1n) is 5.24. The van der Waals surface area contributed by atoms with Gasteiger partial charge in [0.15, 0.2) is 5.75 Å². The van der Waals surface area contributed by atoms with Crippen molar-refractivity contribution in [2.24, 2.45) is 0 Å². The predicted molar refractivity (Wildman–Crippen MR) is 47.8 cm³/mol. The predicted octanol–water partition coefficient (Wildman–Crippen LogP) is -0.540. The molecule has 0 saturated carbocycles. The van der Waals surface area contributed by atoms with Crippen LogP contribution in [-0.2, 0) is 4.79 Å². The van der Waals surface area contributed by atoms with E-state index in [0.29, 0.717) is 11.4 Å². The second kappa shape index (κ2) is 3.33. The molecule has 0 spiro atoms. The van der Waals surface area contributed by atoms with Crippen LogP contribution in [0.15, 0.2) is 18.0 Å². The molecule has 1 aromatic rings. The average Bonchev–Trinajstić information content (AvgIpc) is 2.26. The van der Waals surface area contributed by atoms with Crippen molar-refractivity contribution in [3.8, 4) is 5.75 Å². The Morgan fingerprint density at radius 3 is 3.57 bits per heavy atom. The molecule has 72 valence electrons. The molecule has 1 aromatic heterocycles. The van der Waals surface area contributed by atoms with Gasteiger partial charge in [-0.3, -0.25) is 4.79 Å². The molecule has 6 heteroatoms. The van der Waals surface area contributed by atoms with Gasteiger partial charge in [0.05, 0.1) is 6.20 Å². The Kier molecular flexibility index (Phi) is 1.33. The SMILES string of the molecule is [2H]C([2H])([2H])NC(=O)C1=Cc2nnccc2ON1. The average molecular weight is 195 g/mol. The fourth-order valence-electron chi connectivity index (χ4n) is 0.973. The highest BCUT2D eigenvalue weighted by atomic mass is 16.6. The van der Waals surface area contributed by atoms with Gasteiger partial charge in [0.2, 0.25) is 0 Å². The van der Waals surface area contributed by atoms with Crippen LogP contribution < -0.4 is 15.6 Å². The highest BCUT2D eigenvalue weighted by molar-refractivity contribution is 5.97. The largest absolute Gasteiger partial charge is 0.380 e. The highest BCUT2D eigenvalue weighted by Crippen LogP contribution is 2.19. The molecule has 0 aromatic carbocycles. The van der Waals surface area contributed by atoms with Crippen molar-refractivity contribution in [1.82, 2.24) is 21.0 Å². The van der Waals surface area contributed by atoms with Gasteiger partial charge in [-0.1, -0.05) is 0 Å². The molecule has 0 unspecified atom stereocenters. The van der Waals surface area contributed by atoms with E-state index in [9.17, 15) is 4.79 Å². The lowest BCUT2D eigenvalue weighted by Crippen LogP contribution is -2.33. The van der Waals surface area contributed by atoms with Gasteiger partial charge in [0.25, 0.3) is 5.91 Å². The molecule has 0 atom stereocenters. The standard InChI is InChI=1S/C8H8N4O2/c1-9-8(13)6-4-5-7(14-12-6)2-3-10-11-5/h2-4,12H,1H3,(H,9,13)/i1D3. The first-order valence-corrected chi connectivity index (χ1v) is 3.74. The summed E-state index contributed by atoms with van der Waals surface area (Å²) in [6.45, 7) is -2.55. The Labute approximate surface area is 84.1 Å². The second-order valence-corrected chi connectivity index (χ2v) is 2.50. The van der Waals surface area contributed by atoms with Crippen LogP contribution in [0.1, 0.15) is 9.81 Å². The van der Waals surface area contributed by atoms with Gasteiger partial charge < -0.3 is 10.2 Å². The summed E-state index contributed by atoms with van der Waals surface area (Å²) in [5, 5.41) is 9.18. The van der Waals surface area contributed by atoms with E-state index in [0.717, 1.165) is 0 Å². The van der Waals surface area contributed by atoms with Gasteiger partial charge >= 0.3 is 0 Å². The summed E-state index contributed by atoms with van der Waals surface area (Å²) < 4.78 is 20.7. The number of nitrogens with one attached hydrogen (secondary N) is 2. The lowest BCUT2D eigenvalue weighted by molar-refractivity contribution is -0.118. The van der Waals surface area contributed by atoms with Crippen LogP contribution in [0.4, 0.5) is 0 Å². The summed E-state index contributed by atoms with van der Waals surface area (Å²) in [5.74, 6) is -0.397. The number of hydrogen-bond donors (Lipinski definition) is 2. The monoisotopic (exact) mass is 195 g/mol. The van der Waals surface area contributed by atoms with E-state index in [1.807, 2.05) is 5.32 Å². The Morgan fingerprint density at radius 2 is 2.71 bits per heavy atom. The summed E-state index contributed by atoms with van der Waals surface area (Å²) in [7, 11) is 0. The quantitative estimate of drug-likeness (QED) is 0.629. The van der Waals surface area contributed by atoms with Crippen LogP contribution in [0.25, 0.3) is 6.08 Å². The summed E-state index contributed by atoms with van der Waals surface area (Å²) >= 11 is 0. The van der Waals surface area contributed by atoms with E-state index in [1.54, 1.807) is 6.07 Å². The minimum atomic E-state index is -2.55. The van der Waals surface area contributed by atoms with E-state index < -0.39 is 12.9 Å². The van der Waals surface area contributed by atoms with E-state index in [4.69, 9.17) is 8.95 Å². The van der Waals surface area contributed by atoms with Crippen molar-refractivity contribution in [3.05, 3.63) is 23.7 Å². The molecule has 6 nitrogen and oxygen atoms in total. The molecular formula is C8H8N4O2. The van der Waals surface area contributed by atoms with E-state index in [1.165, 1.54) is 12.3 Å². The highest BCUT2D eigenvalue weighted by Gasteiger charge is 2.16. The number of amides is 1. The van der Waals surface area contributed by atoms with Gasteiger partial charge in [-0.2, -0.15) is 5.10 Å². The fraction of sp³-hybridized carbons (Fsp3) is 0.125. The number of carbonyl (C=O) groups excluding carboxylic acids is 1. The van der Waals surface area contributed by atoms with Crippen molar-refractivity contribution in [1.29, 1.82) is 0 Å². The molecule has 14 heavy (non-hydrogen) atoms. The molecule has 2 rings (SSSR count). The Bertz CT molecular complexity index is 486. The van der Waals surface area contributed by atoms with E-state index in [2.05, 4.69) is 15.7 Å². The fourth-order valence-corrected chi connectivity index (χ4v) is 0.973. The topological polar surface area (TPSA) is 76.1 Å².